The van der Waals surface area contributed by atoms with Crippen LogP contribution in [0.2, 0.25) is 0 Å². The molecule has 1 atom stereocenters. The number of carbonyl (C=O) groups is 3. The maximum Gasteiger partial charge on any atom is 0.245 e. The van der Waals surface area contributed by atoms with E-state index < -0.39 is 38.0 Å². The predicted octanol–water partition coefficient (Wildman–Crippen LogP) is 3.32. The van der Waals surface area contributed by atoms with Crippen LogP contribution in [-0.4, -0.2) is 49.0 Å². The highest BCUT2D eigenvalue weighted by molar-refractivity contribution is 7.93. The van der Waals surface area contributed by atoms with Crippen molar-refractivity contribution in [2.24, 2.45) is 0 Å². The van der Waals surface area contributed by atoms with Gasteiger partial charge in [0, 0.05) is 30.3 Å². The highest BCUT2D eigenvalue weighted by atomic mass is 32.2. The molecule has 4 rings (SSSR count). The number of carbonyl (C=O) groups excluding carboxylic acids is 3. The largest absolute Gasteiger partial charge is 0.352 e. The molecule has 1 fully saturated rings. The summed E-state index contributed by atoms with van der Waals surface area (Å²) in [5.74, 6) is -2.04. The lowest BCUT2D eigenvalue weighted by atomic mass is 10.0. The van der Waals surface area contributed by atoms with Gasteiger partial charge in [-0.15, -0.1) is 11.3 Å². The fourth-order valence-electron chi connectivity index (χ4n) is 3.68. The van der Waals surface area contributed by atoms with Gasteiger partial charge in [-0.25, -0.2) is 17.8 Å². The molecule has 1 aliphatic carbocycles. The molecule has 3 amide bonds. The summed E-state index contributed by atoms with van der Waals surface area (Å²) in [6.45, 7) is 3.96. The van der Waals surface area contributed by atoms with Gasteiger partial charge in [0.25, 0.3) is 0 Å². The number of nitrogens with one attached hydrogen (secondary N) is 3. The topological polar surface area (TPSA) is 134 Å². The van der Waals surface area contributed by atoms with E-state index in [4.69, 9.17) is 0 Å². The van der Waals surface area contributed by atoms with E-state index in [1.54, 1.807) is 30.3 Å². The van der Waals surface area contributed by atoms with Gasteiger partial charge in [-0.05, 0) is 50.5 Å². The summed E-state index contributed by atoms with van der Waals surface area (Å²) in [6.07, 6.45) is 1.77. The smallest absolute Gasteiger partial charge is 0.245 e. The molecule has 196 valence electrons. The van der Waals surface area contributed by atoms with Gasteiger partial charge in [0.1, 0.15) is 10.8 Å². The molecule has 12 heteroatoms. The highest BCUT2D eigenvalue weighted by Gasteiger charge is 2.39. The van der Waals surface area contributed by atoms with Crippen molar-refractivity contribution in [3.63, 3.8) is 0 Å². The third-order valence-corrected chi connectivity index (χ3v) is 9.46. The summed E-state index contributed by atoms with van der Waals surface area (Å²) in [4.78, 5) is 40.6. The number of hydrogen-bond acceptors (Lipinski definition) is 7. The van der Waals surface area contributed by atoms with Crippen molar-refractivity contribution in [1.82, 2.24) is 15.6 Å². The summed E-state index contributed by atoms with van der Waals surface area (Å²) >= 11 is 0.987. The molecule has 1 unspecified atom stereocenters. The van der Waals surface area contributed by atoms with Crippen LogP contribution in [0.25, 0.3) is 21.3 Å². The molecule has 3 N–H and O–H groups in total. The van der Waals surface area contributed by atoms with Crippen molar-refractivity contribution in [3.8, 4) is 11.1 Å². The van der Waals surface area contributed by atoms with Crippen molar-refractivity contribution in [1.29, 1.82) is 0 Å². The van der Waals surface area contributed by atoms with Gasteiger partial charge in [-0.2, -0.15) is 0 Å². The number of aromatic nitrogens is 1. The number of fused-ring (bicyclic) bond motifs is 1. The number of sulfone groups is 1. The molecule has 1 aromatic heterocycles. The fourth-order valence-corrected chi connectivity index (χ4v) is 6.45. The van der Waals surface area contributed by atoms with E-state index in [1.807, 2.05) is 0 Å². The van der Waals surface area contributed by atoms with Crippen LogP contribution in [0.4, 0.5) is 10.1 Å². The molecule has 2 aromatic carbocycles. The molecule has 0 aliphatic heterocycles. The number of hydrogen-bond donors (Lipinski definition) is 3. The van der Waals surface area contributed by atoms with Crippen molar-refractivity contribution >= 4 is 54.8 Å². The lowest BCUT2D eigenvalue weighted by Crippen LogP contribution is -2.42. The van der Waals surface area contributed by atoms with Gasteiger partial charge >= 0.3 is 0 Å². The second-order valence-corrected chi connectivity index (χ2v) is 12.8. The number of anilines is 1. The van der Waals surface area contributed by atoms with E-state index in [9.17, 15) is 22.8 Å². The average Bonchev–Trinajstić information content (AvgIpc) is 3.54. The van der Waals surface area contributed by atoms with E-state index in [1.165, 1.54) is 26.8 Å². The molecule has 0 saturated heterocycles. The standard InChI is InChI=1S/C25H27FN4O5S2/c1-13(2)37(34,35)23(24(33)27-12-22(32)29-17-8-9-17)25-30-20-11-19(26)18(10-21(20)36-25)15-4-6-16(7-5-15)28-14(3)31/h4-7,10-11,13,17,23H,8-9,12H2,1-3H3,(H,27,33)(H,28,31)(H,29,32). The first-order valence-corrected chi connectivity index (χ1v) is 14.2. The Morgan fingerprint density at radius 3 is 2.41 bits per heavy atom. The third kappa shape index (κ3) is 6.13. The van der Waals surface area contributed by atoms with Gasteiger partial charge in [-0.1, -0.05) is 12.1 Å². The molecule has 1 saturated carbocycles. The molecule has 0 spiro atoms. The van der Waals surface area contributed by atoms with E-state index in [0.29, 0.717) is 16.0 Å². The van der Waals surface area contributed by atoms with Gasteiger partial charge < -0.3 is 16.0 Å². The van der Waals surface area contributed by atoms with Crippen LogP contribution in [0.15, 0.2) is 36.4 Å². The van der Waals surface area contributed by atoms with E-state index in [-0.39, 0.29) is 34.6 Å². The Hall–Kier alpha value is -3.38. The van der Waals surface area contributed by atoms with Crippen LogP contribution in [0, 0.1) is 5.82 Å². The average molecular weight is 547 g/mol. The second-order valence-electron chi connectivity index (χ2n) is 9.19. The Kier molecular flexibility index (Phi) is 7.60. The summed E-state index contributed by atoms with van der Waals surface area (Å²) in [5, 5.41) is 5.28. The molecule has 1 aliphatic rings. The minimum Gasteiger partial charge on any atom is -0.352 e. The Bertz CT molecular complexity index is 1460. The first kappa shape index (κ1) is 26.7. The zero-order valence-corrected chi connectivity index (χ0v) is 22.1. The van der Waals surface area contributed by atoms with Crippen molar-refractivity contribution in [3.05, 3.63) is 47.2 Å². The SMILES string of the molecule is CC(=O)Nc1ccc(-c2cc3sc(C(C(=O)NCC(=O)NC4CC4)S(=O)(=O)C(C)C)nc3cc2F)cc1. The number of halogens is 1. The summed E-state index contributed by atoms with van der Waals surface area (Å²) in [6, 6.07) is 9.47. The molecule has 1 heterocycles. The van der Waals surface area contributed by atoms with E-state index in [2.05, 4.69) is 20.9 Å². The molecule has 9 nitrogen and oxygen atoms in total. The predicted molar refractivity (Wildman–Crippen MR) is 140 cm³/mol. The lowest BCUT2D eigenvalue weighted by Gasteiger charge is -2.17. The number of rotatable bonds is 9. The van der Waals surface area contributed by atoms with Crippen molar-refractivity contribution in [2.45, 2.75) is 50.2 Å². The normalized spacial score (nSPS) is 14.4. The zero-order chi connectivity index (χ0) is 26.9. The second kappa shape index (κ2) is 10.5. The molecule has 37 heavy (non-hydrogen) atoms. The Labute approximate surface area is 217 Å². The zero-order valence-electron chi connectivity index (χ0n) is 20.5. The Morgan fingerprint density at radius 1 is 1.14 bits per heavy atom. The van der Waals surface area contributed by atoms with E-state index in [0.717, 1.165) is 24.2 Å². The van der Waals surface area contributed by atoms with Gasteiger partial charge in [-0.3, -0.25) is 14.4 Å². The maximum atomic E-state index is 15.0. The number of benzene rings is 2. The molecule has 0 bridgehead atoms. The van der Waals surface area contributed by atoms with Crippen molar-refractivity contribution in [2.75, 3.05) is 11.9 Å². The lowest BCUT2D eigenvalue weighted by molar-refractivity contribution is -0.126. The summed E-state index contributed by atoms with van der Waals surface area (Å²) in [7, 11) is -4.01. The minimum absolute atomic E-state index is 0.00126. The monoisotopic (exact) mass is 546 g/mol. The van der Waals surface area contributed by atoms with Crippen LogP contribution in [0.3, 0.4) is 0 Å². The fraction of sp³-hybridized carbons (Fsp3) is 0.360. The van der Waals surface area contributed by atoms with Crippen molar-refractivity contribution < 1.29 is 27.2 Å². The Morgan fingerprint density at radius 2 is 1.81 bits per heavy atom. The third-order valence-electron chi connectivity index (χ3n) is 5.82. The molecular weight excluding hydrogens is 519 g/mol. The van der Waals surface area contributed by atoms with Crippen LogP contribution in [0.5, 0.6) is 0 Å². The minimum atomic E-state index is -4.01. The summed E-state index contributed by atoms with van der Waals surface area (Å²) < 4.78 is 41.8. The van der Waals surface area contributed by atoms with Gasteiger partial charge in [0.15, 0.2) is 15.1 Å². The highest BCUT2D eigenvalue weighted by Crippen LogP contribution is 2.36. The number of nitrogens with zero attached hydrogens (tertiary/aromatic N) is 1. The molecule has 3 aromatic rings. The summed E-state index contributed by atoms with van der Waals surface area (Å²) in [5.41, 5.74) is 1.60. The van der Waals surface area contributed by atoms with Crippen LogP contribution in [-0.2, 0) is 24.2 Å². The van der Waals surface area contributed by atoms with Crippen LogP contribution < -0.4 is 16.0 Å². The first-order valence-electron chi connectivity index (χ1n) is 11.7. The number of amides is 3. The van der Waals surface area contributed by atoms with Gasteiger partial charge in [0.05, 0.1) is 22.0 Å². The van der Waals surface area contributed by atoms with Crippen LogP contribution >= 0.6 is 11.3 Å². The van der Waals surface area contributed by atoms with Gasteiger partial charge in [0.2, 0.25) is 17.7 Å². The molecule has 0 radical (unpaired) electrons. The molecular formula is C25H27FN4O5S2. The Balaban J connectivity index is 1.65. The van der Waals surface area contributed by atoms with E-state index >= 15 is 4.39 Å². The van der Waals surface area contributed by atoms with Crippen LogP contribution in [0.1, 0.15) is 43.9 Å². The number of thiazole rings is 1. The quantitative estimate of drug-likeness (QED) is 0.377. The maximum absolute atomic E-state index is 15.0. The first-order chi connectivity index (χ1) is 17.5.